The summed E-state index contributed by atoms with van der Waals surface area (Å²) >= 11 is 0. The lowest BCUT2D eigenvalue weighted by Crippen LogP contribution is -2.49. The number of aromatic nitrogens is 2. The third-order valence-corrected chi connectivity index (χ3v) is 3.94. The van der Waals surface area contributed by atoms with Crippen molar-refractivity contribution in [3.05, 3.63) is 36.7 Å². The monoisotopic (exact) mass is 390 g/mol. The summed E-state index contributed by atoms with van der Waals surface area (Å²) in [6, 6.07) is 6.11. The van der Waals surface area contributed by atoms with Gasteiger partial charge in [0.05, 0.1) is 24.1 Å². The highest BCUT2D eigenvalue weighted by molar-refractivity contribution is 5.89. The summed E-state index contributed by atoms with van der Waals surface area (Å²) in [5.41, 5.74) is 3.14. The predicted molar refractivity (Wildman–Crippen MR) is 101 cm³/mol. The minimum atomic E-state index is -1.26. The molecule has 1 aliphatic heterocycles. The minimum absolute atomic E-state index is 0.217. The van der Waals surface area contributed by atoms with Crippen LogP contribution >= 0.6 is 0 Å². The molecule has 0 saturated carbocycles. The molecule has 10 nitrogen and oxygen atoms in total. The quantitative estimate of drug-likeness (QED) is 0.669. The Morgan fingerprint density at radius 2 is 1.79 bits per heavy atom. The number of benzene rings is 1. The van der Waals surface area contributed by atoms with Crippen molar-refractivity contribution >= 4 is 34.8 Å². The number of piperazine rings is 1. The fourth-order valence-electron chi connectivity index (χ4n) is 2.69. The van der Waals surface area contributed by atoms with Crippen LogP contribution in [0, 0.1) is 0 Å². The molecule has 1 fully saturated rings. The summed E-state index contributed by atoms with van der Waals surface area (Å²) in [6.07, 6.45) is 2.61. The molecule has 2 heterocycles. The maximum Gasteiger partial charge on any atom is 0.409 e. The van der Waals surface area contributed by atoms with E-state index in [4.69, 9.17) is 14.9 Å². The highest BCUT2D eigenvalue weighted by atomic mass is 16.6. The average molecular weight is 390 g/mol. The van der Waals surface area contributed by atoms with Crippen LogP contribution in [0.1, 0.15) is 6.92 Å². The van der Waals surface area contributed by atoms with Crippen LogP contribution in [0.4, 0.5) is 10.5 Å². The lowest BCUT2D eigenvalue weighted by atomic mass is 10.2. The molecule has 28 heavy (non-hydrogen) atoms. The summed E-state index contributed by atoms with van der Waals surface area (Å²) in [5.74, 6) is -2.51. The number of anilines is 1. The maximum absolute atomic E-state index is 11.7. The number of nitrogens with zero attached hydrogens (tertiary/aromatic N) is 3. The Balaban J connectivity index is 0.000000300. The number of ether oxygens (including phenoxy) is 1. The van der Waals surface area contributed by atoms with Crippen molar-refractivity contribution in [2.45, 2.75) is 6.92 Å². The van der Waals surface area contributed by atoms with Crippen molar-refractivity contribution in [3.63, 3.8) is 0 Å². The van der Waals surface area contributed by atoms with Crippen LogP contribution in [-0.2, 0) is 14.3 Å². The van der Waals surface area contributed by atoms with Crippen LogP contribution in [-0.4, -0.2) is 75.9 Å². The number of H-pyrrole nitrogens is 1. The van der Waals surface area contributed by atoms with Crippen molar-refractivity contribution in [2.24, 2.45) is 0 Å². The van der Waals surface area contributed by atoms with E-state index in [1.807, 2.05) is 19.1 Å². The van der Waals surface area contributed by atoms with E-state index in [9.17, 15) is 14.4 Å². The second-order valence-electron chi connectivity index (χ2n) is 5.76. The molecule has 1 aliphatic rings. The number of carbonyl (C=O) groups excluding carboxylic acids is 1. The van der Waals surface area contributed by atoms with Crippen molar-refractivity contribution < 1.29 is 29.3 Å². The largest absolute Gasteiger partial charge is 0.478 e. The number of amides is 1. The molecule has 0 bridgehead atoms. The summed E-state index contributed by atoms with van der Waals surface area (Å²) in [5, 5.41) is 15.6. The predicted octanol–water partition coefficient (Wildman–Crippen LogP) is 1.55. The zero-order valence-corrected chi connectivity index (χ0v) is 15.4. The molecule has 10 heteroatoms. The maximum atomic E-state index is 11.7. The Morgan fingerprint density at radius 3 is 2.36 bits per heavy atom. The van der Waals surface area contributed by atoms with Gasteiger partial charge in [0.25, 0.3) is 0 Å². The lowest BCUT2D eigenvalue weighted by molar-refractivity contribution is -0.134. The number of hydrogen-bond donors (Lipinski definition) is 3. The summed E-state index contributed by atoms with van der Waals surface area (Å²) in [4.78, 5) is 42.3. The number of carboxylic acids is 2. The van der Waals surface area contributed by atoms with Crippen molar-refractivity contribution in [2.75, 3.05) is 37.7 Å². The summed E-state index contributed by atoms with van der Waals surface area (Å²) in [6.45, 7) is 5.20. The van der Waals surface area contributed by atoms with Crippen LogP contribution in [0.25, 0.3) is 11.0 Å². The lowest BCUT2D eigenvalue weighted by Gasteiger charge is -2.35. The molecule has 1 aromatic heterocycles. The van der Waals surface area contributed by atoms with Crippen LogP contribution in [0.15, 0.2) is 36.7 Å². The third-order valence-electron chi connectivity index (χ3n) is 3.94. The number of aromatic amines is 1. The van der Waals surface area contributed by atoms with E-state index in [1.165, 1.54) is 0 Å². The fourth-order valence-corrected chi connectivity index (χ4v) is 2.69. The van der Waals surface area contributed by atoms with E-state index >= 15 is 0 Å². The molecule has 2 aromatic rings. The van der Waals surface area contributed by atoms with Gasteiger partial charge in [-0.1, -0.05) is 6.07 Å². The first-order valence-corrected chi connectivity index (χ1v) is 8.65. The molecule has 0 unspecified atom stereocenters. The number of carbonyl (C=O) groups is 3. The van der Waals surface area contributed by atoms with Crippen LogP contribution < -0.4 is 4.90 Å². The number of nitrogens with one attached hydrogen (secondary N) is 1. The zero-order chi connectivity index (χ0) is 20.5. The minimum Gasteiger partial charge on any atom is -0.478 e. The van der Waals surface area contributed by atoms with Gasteiger partial charge in [0.1, 0.15) is 5.52 Å². The molecule has 1 saturated heterocycles. The molecule has 1 aromatic carbocycles. The van der Waals surface area contributed by atoms with Gasteiger partial charge in [0.15, 0.2) is 0 Å². The molecule has 0 radical (unpaired) electrons. The molecular formula is C18H22N4O6. The molecule has 3 rings (SSSR count). The van der Waals surface area contributed by atoms with E-state index in [1.54, 1.807) is 11.2 Å². The van der Waals surface area contributed by atoms with Crippen molar-refractivity contribution in [1.29, 1.82) is 0 Å². The average Bonchev–Trinajstić information content (AvgIpc) is 3.16. The molecule has 150 valence electrons. The topological polar surface area (TPSA) is 136 Å². The standard InChI is InChI=1S/C14H18N4O2.C4H4O4/c1-2-20-14(19)18-8-6-17(7-9-18)12-5-3-4-11-13(12)16-10-15-11;5-3(6)1-2-4(7)8/h3-5,10H,2,6-9H2,1H3,(H,15,16);1-2H,(H,5,6)(H,7,8)/b;2-1-. The van der Waals surface area contributed by atoms with E-state index < -0.39 is 11.9 Å². The number of imidazole rings is 1. The van der Waals surface area contributed by atoms with Gasteiger partial charge in [-0.2, -0.15) is 0 Å². The first-order valence-electron chi connectivity index (χ1n) is 8.65. The normalized spacial score (nSPS) is 13.9. The van der Waals surface area contributed by atoms with Gasteiger partial charge in [-0.15, -0.1) is 0 Å². The Hall–Kier alpha value is -3.56. The number of aliphatic carboxylic acids is 2. The van der Waals surface area contributed by atoms with Crippen LogP contribution in [0.5, 0.6) is 0 Å². The summed E-state index contributed by atoms with van der Waals surface area (Å²) < 4.78 is 5.03. The molecule has 0 atom stereocenters. The smallest absolute Gasteiger partial charge is 0.409 e. The van der Waals surface area contributed by atoms with E-state index in [2.05, 4.69) is 20.9 Å². The molecule has 1 amide bonds. The van der Waals surface area contributed by atoms with Gasteiger partial charge in [-0.25, -0.2) is 19.4 Å². The number of carboxylic acid groups (broad SMARTS) is 2. The Morgan fingerprint density at radius 1 is 1.14 bits per heavy atom. The first-order chi connectivity index (χ1) is 13.4. The van der Waals surface area contributed by atoms with Gasteiger partial charge in [-0.3, -0.25) is 0 Å². The van der Waals surface area contributed by atoms with Gasteiger partial charge >= 0.3 is 18.0 Å². The zero-order valence-electron chi connectivity index (χ0n) is 15.4. The van der Waals surface area contributed by atoms with E-state index in [0.717, 1.165) is 29.8 Å². The highest BCUT2D eigenvalue weighted by Crippen LogP contribution is 2.25. The Labute approximate surface area is 161 Å². The number of hydrogen-bond acceptors (Lipinski definition) is 6. The second kappa shape index (κ2) is 9.95. The van der Waals surface area contributed by atoms with E-state index in [-0.39, 0.29) is 6.09 Å². The number of para-hydroxylation sites is 1. The number of fused-ring (bicyclic) bond motifs is 1. The van der Waals surface area contributed by atoms with Gasteiger partial charge < -0.3 is 29.7 Å². The molecular weight excluding hydrogens is 368 g/mol. The molecule has 3 N–H and O–H groups in total. The van der Waals surface area contributed by atoms with Crippen LogP contribution in [0.3, 0.4) is 0 Å². The fraction of sp³-hybridized carbons (Fsp3) is 0.333. The Kier molecular flexibility index (Phi) is 7.37. The first kappa shape index (κ1) is 20.7. The van der Waals surface area contributed by atoms with Crippen molar-refractivity contribution in [1.82, 2.24) is 14.9 Å². The summed E-state index contributed by atoms with van der Waals surface area (Å²) in [7, 11) is 0. The SMILES string of the molecule is CCOC(=O)N1CCN(c2cccc3[nH]cnc23)CC1.O=C(O)/C=C\C(=O)O. The van der Waals surface area contributed by atoms with E-state index in [0.29, 0.717) is 31.8 Å². The molecule has 0 aliphatic carbocycles. The highest BCUT2D eigenvalue weighted by Gasteiger charge is 2.23. The van der Waals surface area contributed by atoms with Crippen LogP contribution in [0.2, 0.25) is 0 Å². The van der Waals surface area contributed by atoms with Crippen molar-refractivity contribution in [3.8, 4) is 0 Å². The van der Waals surface area contributed by atoms with Gasteiger partial charge in [-0.05, 0) is 19.1 Å². The third kappa shape index (κ3) is 5.73. The van der Waals surface area contributed by atoms with Gasteiger partial charge in [0, 0.05) is 38.3 Å². The Bertz CT molecular complexity index is 839. The van der Waals surface area contributed by atoms with Gasteiger partial charge in [0.2, 0.25) is 0 Å². The second-order valence-corrected chi connectivity index (χ2v) is 5.76. The molecule has 0 spiro atoms. The number of rotatable bonds is 4.